The summed E-state index contributed by atoms with van der Waals surface area (Å²) in [5, 5.41) is 12.8. The number of pyridine rings is 1. The zero-order valence-corrected chi connectivity index (χ0v) is 11.9. The lowest BCUT2D eigenvalue weighted by Gasteiger charge is -2.05. The highest BCUT2D eigenvalue weighted by Gasteiger charge is 2.05. The maximum absolute atomic E-state index is 11.8. The average Bonchev–Trinajstić information content (AvgIpc) is 2.47. The fourth-order valence-corrected chi connectivity index (χ4v) is 2.21. The number of carbonyl (C=O) groups excluding carboxylic acids is 1. The fourth-order valence-electron chi connectivity index (χ4n) is 1.45. The highest BCUT2D eigenvalue weighted by Crippen LogP contribution is 2.17. The van der Waals surface area contributed by atoms with Crippen molar-refractivity contribution in [2.45, 2.75) is 5.03 Å². The first-order chi connectivity index (χ1) is 9.67. The van der Waals surface area contributed by atoms with Crippen LogP contribution in [0.15, 0.2) is 47.6 Å². The Bertz CT molecular complexity index is 652. The lowest BCUT2D eigenvalue weighted by atomic mass is 10.2. The SMILES string of the molecule is N#Cc1cccc(NC(=O)CSc2ccc(Cl)cn2)c1. The van der Waals surface area contributed by atoms with Crippen molar-refractivity contribution >= 4 is 35.0 Å². The molecule has 100 valence electrons. The number of hydrogen-bond acceptors (Lipinski definition) is 4. The first-order valence-corrected chi connectivity index (χ1v) is 7.08. The van der Waals surface area contributed by atoms with Gasteiger partial charge in [0.15, 0.2) is 0 Å². The van der Waals surface area contributed by atoms with Crippen LogP contribution in [0.25, 0.3) is 0 Å². The molecule has 0 unspecified atom stereocenters. The number of nitrogens with one attached hydrogen (secondary N) is 1. The smallest absolute Gasteiger partial charge is 0.234 e. The Labute approximate surface area is 125 Å². The summed E-state index contributed by atoms with van der Waals surface area (Å²) in [6.45, 7) is 0. The Morgan fingerprint density at radius 3 is 2.95 bits per heavy atom. The number of thioether (sulfide) groups is 1. The molecule has 4 nitrogen and oxygen atoms in total. The number of amides is 1. The van der Waals surface area contributed by atoms with Crippen molar-refractivity contribution in [2.24, 2.45) is 0 Å². The van der Waals surface area contributed by atoms with Crippen LogP contribution in [-0.2, 0) is 4.79 Å². The van der Waals surface area contributed by atoms with Crippen LogP contribution >= 0.6 is 23.4 Å². The van der Waals surface area contributed by atoms with Gasteiger partial charge in [-0.1, -0.05) is 29.4 Å². The van der Waals surface area contributed by atoms with Crippen LogP contribution in [0.3, 0.4) is 0 Å². The van der Waals surface area contributed by atoms with Gasteiger partial charge in [0, 0.05) is 11.9 Å². The van der Waals surface area contributed by atoms with Crippen LogP contribution in [0, 0.1) is 11.3 Å². The van der Waals surface area contributed by atoms with Crippen LogP contribution in [-0.4, -0.2) is 16.6 Å². The second kappa shape index (κ2) is 6.94. The molecule has 1 heterocycles. The van der Waals surface area contributed by atoms with Crippen molar-refractivity contribution in [1.29, 1.82) is 5.26 Å². The van der Waals surface area contributed by atoms with Crippen molar-refractivity contribution in [3.8, 4) is 6.07 Å². The van der Waals surface area contributed by atoms with Crippen LogP contribution in [0.1, 0.15) is 5.56 Å². The largest absolute Gasteiger partial charge is 0.325 e. The molecule has 0 atom stereocenters. The zero-order valence-electron chi connectivity index (χ0n) is 10.3. The first-order valence-electron chi connectivity index (χ1n) is 5.72. The summed E-state index contributed by atoms with van der Waals surface area (Å²) in [7, 11) is 0. The standard InChI is InChI=1S/C14H10ClN3OS/c15-11-4-5-14(17-8-11)20-9-13(19)18-12-3-1-2-10(6-12)7-16/h1-6,8H,9H2,(H,18,19). The molecule has 6 heteroatoms. The van der Waals surface area contributed by atoms with E-state index in [-0.39, 0.29) is 11.7 Å². The molecule has 0 bridgehead atoms. The third-order valence-electron chi connectivity index (χ3n) is 2.33. The third kappa shape index (κ3) is 4.26. The molecule has 0 aliphatic heterocycles. The molecule has 20 heavy (non-hydrogen) atoms. The summed E-state index contributed by atoms with van der Waals surface area (Å²) in [5.74, 6) is 0.0904. The van der Waals surface area contributed by atoms with Gasteiger partial charge < -0.3 is 5.32 Å². The Balaban J connectivity index is 1.89. The van der Waals surface area contributed by atoms with Gasteiger partial charge in [-0.3, -0.25) is 4.79 Å². The van der Waals surface area contributed by atoms with E-state index in [2.05, 4.69) is 10.3 Å². The highest BCUT2D eigenvalue weighted by molar-refractivity contribution is 7.99. The average molecular weight is 304 g/mol. The molecule has 1 N–H and O–H groups in total. The second-order valence-corrected chi connectivity index (χ2v) is 5.28. The number of halogens is 1. The van der Waals surface area contributed by atoms with Gasteiger partial charge in [0.2, 0.25) is 5.91 Å². The summed E-state index contributed by atoms with van der Waals surface area (Å²) in [6.07, 6.45) is 1.54. The van der Waals surface area contributed by atoms with E-state index in [0.29, 0.717) is 16.3 Å². The molecular formula is C14H10ClN3OS. The summed E-state index contributed by atoms with van der Waals surface area (Å²) in [6, 6.07) is 12.3. The van der Waals surface area contributed by atoms with E-state index in [1.165, 1.54) is 18.0 Å². The summed E-state index contributed by atoms with van der Waals surface area (Å²) < 4.78 is 0. The van der Waals surface area contributed by atoms with Gasteiger partial charge in [0.1, 0.15) is 0 Å². The predicted octanol–water partition coefficient (Wildman–Crippen LogP) is 3.34. The maximum Gasteiger partial charge on any atom is 0.234 e. The minimum atomic E-state index is -0.151. The van der Waals surface area contributed by atoms with Gasteiger partial charge in [0.05, 0.1) is 27.4 Å². The number of rotatable bonds is 4. The normalized spacial score (nSPS) is 9.80. The van der Waals surface area contributed by atoms with Crippen molar-refractivity contribution in [3.63, 3.8) is 0 Å². The molecule has 0 saturated carbocycles. The van der Waals surface area contributed by atoms with Gasteiger partial charge in [0.25, 0.3) is 0 Å². The number of aromatic nitrogens is 1. The van der Waals surface area contributed by atoms with E-state index < -0.39 is 0 Å². The lowest BCUT2D eigenvalue weighted by Crippen LogP contribution is -2.14. The second-order valence-electron chi connectivity index (χ2n) is 3.84. The highest BCUT2D eigenvalue weighted by atomic mass is 35.5. The Hall–Kier alpha value is -2.03. The molecule has 0 aliphatic rings. The van der Waals surface area contributed by atoms with E-state index in [1.807, 2.05) is 6.07 Å². The van der Waals surface area contributed by atoms with E-state index in [0.717, 1.165) is 5.03 Å². The number of hydrogen-bond donors (Lipinski definition) is 1. The van der Waals surface area contributed by atoms with Crippen molar-refractivity contribution in [3.05, 3.63) is 53.2 Å². The molecule has 0 saturated heterocycles. The Morgan fingerprint density at radius 2 is 2.25 bits per heavy atom. The summed E-state index contributed by atoms with van der Waals surface area (Å²) >= 11 is 7.05. The van der Waals surface area contributed by atoms with Gasteiger partial charge in [-0.2, -0.15) is 5.26 Å². The van der Waals surface area contributed by atoms with E-state index in [4.69, 9.17) is 16.9 Å². The molecule has 2 aromatic rings. The number of carbonyl (C=O) groups is 1. The van der Waals surface area contributed by atoms with Crippen molar-refractivity contribution in [1.82, 2.24) is 4.98 Å². The molecule has 1 aromatic heterocycles. The number of anilines is 1. The van der Waals surface area contributed by atoms with Gasteiger partial charge in [-0.15, -0.1) is 0 Å². The minimum absolute atomic E-state index is 0.151. The predicted molar refractivity (Wildman–Crippen MR) is 79.8 cm³/mol. The molecule has 0 fully saturated rings. The lowest BCUT2D eigenvalue weighted by molar-refractivity contribution is -0.113. The number of nitrogens with zero attached hydrogens (tertiary/aromatic N) is 2. The van der Waals surface area contributed by atoms with Gasteiger partial charge in [-0.05, 0) is 30.3 Å². The topological polar surface area (TPSA) is 65.8 Å². The molecule has 1 aromatic carbocycles. The molecule has 0 radical (unpaired) electrons. The van der Waals surface area contributed by atoms with Gasteiger partial charge in [-0.25, -0.2) is 4.98 Å². The fraction of sp³-hybridized carbons (Fsp3) is 0.0714. The van der Waals surface area contributed by atoms with Crippen LogP contribution < -0.4 is 5.32 Å². The molecule has 1 amide bonds. The van der Waals surface area contributed by atoms with E-state index in [9.17, 15) is 4.79 Å². The van der Waals surface area contributed by atoms with E-state index >= 15 is 0 Å². The van der Waals surface area contributed by atoms with Crippen molar-refractivity contribution < 1.29 is 4.79 Å². The molecular weight excluding hydrogens is 294 g/mol. The Morgan fingerprint density at radius 1 is 1.40 bits per heavy atom. The zero-order chi connectivity index (χ0) is 14.4. The van der Waals surface area contributed by atoms with Gasteiger partial charge >= 0.3 is 0 Å². The maximum atomic E-state index is 11.8. The summed E-state index contributed by atoms with van der Waals surface area (Å²) in [4.78, 5) is 15.9. The molecule has 0 spiro atoms. The quantitative estimate of drug-likeness (QED) is 0.880. The monoisotopic (exact) mass is 303 g/mol. The number of benzene rings is 1. The van der Waals surface area contributed by atoms with E-state index in [1.54, 1.807) is 36.4 Å². The summed E-state index contributed by atoms with van der Waals surface area (Å²) in [5.41, 5.74) is 1.12. The van der Waals surface area contributed by atoms with Crippen molar-refractivity contribution in [2.75, 3.05) is 11.1 Å². The van der Waals surface area contributed by atoms with Crippen LogP contribution in [0.4, 0.5) is 5.69 Å². The molecule has 2 rings (SSSR count). The third-order valence-corrected chi connectivity index (χ3v) is 3.49. The minimum Gasteiger partial charge on any atom is -0.325 e. The first kappa shape index (κ1) is 14.4. The Kier molecular flexibility index (Phi) is 4.99. The number of nitriles is 1. The van der Waals surface area contributed by atoms with Crippen LogP contribution in [0.2, 0.25) is 5.02 Å². The molecule has 0 aliphatic carbocycles. The van der Waals surface area contributed by atoms with Crippen LogP contribution in [0.5, 0.6) is 0 Å².